The van der Waals surface area contributed by atoms with E-state index in [2.05, 4.69) is 15.5 Å². The van der Waals surface area contributed by atoms with Crippen molar-refractivity contribution in [1.82, 2.24) is 10.2 Å². The first-order chi connectivity index (χ1) is 10.8. The van der Waals surface area contributed by atoms with Crippen LogP contribution in [0.4, 0.5) is 5.13 Å². The molecular weight excluding hydrogens is 322 g/mol. The maximum absolute atomic E-state index is 12.0. The van der Waals surface area contributed by atoms with Crippen molar-refractivity contribution in [2.24, 2.45) is 0 Å². The van der Waals surface area contributed by atoms with Crippen molar-refractivity contribution in [3.63, 3.8) is 0 Å². The predicted molar refractivity (Wildman–Crippen MR) is 83.7 cm³/mol. The average molecular weight is 331 g/mol. The average Bonchev–Trinajstić information content (AvgIpc) is 3.27. The largest absolute Gasteiger partial charge is 0.454 e. The van der Waals surface area contributed by atoms with Crippen LogP contribution in [-0.2, 0) is 0 Å². The first kappa shape index (κ1) is 13.2. The van der Waals surface area contributed by atoms with Crippen LogP contribution in [0.2, 0.25) is 0 Å². The third-order valence-electron chi connectivity index (χ3n) is 3.01. The fraction of sp³-hybridized carbons (Fsp3) is 0.0714. The van der Waals surface area contributed by atoms with Gasteiger partial charge in [-0.05, 0) is 29.6 Å². The van der Waals surface area contributed by atoms with Crippen molar-refractivity contribution in [1.29, 1.82) is 0 Å². The summed E-state index contributed by atoms with van der Waals surface area (Å²) < 4.78 is 10.6. The number of hydrogen-bond acceptors (Lipinski definition) is 7. The van der Waals surface area contributed by atoms with E-state index in [1.807, 2.05) is 29.6 Å². The van der Waals surface area contributed by atoms with Gasteiger partial charge in [-0.15, -0.1) is 21.5 Å². The molecule has 1 aliphatic heterocycles. The molecule has 0 unspecified atom stereocenters. The molecule has 3 heterocycles. The number of carbonyl (C=O) groups excluding carboxylic acids is 1. The first-order valence-electron chi connectivity index (χ1n) is 6.38. The van der Waals surface area contributed by atoms with E-state index < -0.39 is 0 Å². The van der Waals surface area contributed by atoms with E-state index in [1.165, 1.54) is 22.7 Å². The van der Waals surface area contributed by atoms with Gasteiger partial charge in [0.25, 0.3) is 5.91 Å². The van der Waals surface area contributed by atoms with Gasteiger partial charge in [-0.25, -0.2) is 0 Å². The highest BCUT2D eigenvalue weighted by Gasteiger charge is 2.16. The monoisotopic (exact) mass is 331 g/mol. The summed E-state index contributed by atoms with van der Waals surface area (Å²) in [6.45, 7) is 0.233. The smallest absolute Gasteiger partial charge is 0.267 e. The summed E-state index contributed by atoms with van der Waals surface area (Å²) in [5.74, 6) is 1.24. The van der Waals surface area contributed by atoms with Gasteiger partial charge in [0.15, 0.2) is 11.5 Å². The molecule has 1 aliphatic rings. The molecule has 2 aromatic heterocycles. The minimum absolute atomic E-state index is 0.177. The lowest BCUT2D eigenvalue weighted by molar-refractivity contribution is 0.103. The Hall–Kier alpha value is -2.45. The van der Waals surface area contributed by atoms with Gasteiger partial charge in [0, 0.05) is 5.56 Å². The van der Waals surface area contributed by atoms with E-state index in [9.17, 15) is 4.79 Å². The Morgan fingerprint density at radius 1 is 1.18 bits per heavy atom. The maximum atomic E-state index is 12.0. The zero-order chi connectivity index (χ0) is 14.9. The van der Waals surface area contributed by atoms with Gasteiger partial charge in [0.05, 0.1) is 4.88 Å². The lowest BCUT2D eigenvalue weighted by Gasteiger charge is -1.98. The number of anilines is 1. The standard InChI is InChI=1S/C14H9N3O3S2/c18-12(11-2-1-5-21-11)15-14-17-16-13(22-14)8-3-4-9-10(6-8)20-7-19-9/h1-6H,7H2,(H,15,17,18). The molecule has 0 fully saturated rings. The van der Waals surface area contributed by atoms with Crippen LogP contribution in [0.1, 0.15) is 9.67 Å². The summed E-state index contributed by atoms with van der Waals surface area (Å²) in [6, 6.07) is 9.17. The number of benzene rings is 1. The summed E-state index contributed by atoms with van der Waals surface area (Å²) in [6.07, 6.45) is 0. The molecule has 0 saturated carbocycles. The number of carbonyl (C=O) groups is 1. The second-order valence-corrected chi connectivity index (χ2v) is 6.34. The second kappa shape index (κ2) is 5.39. The lowest BCUT2D eigenvalue weighted by atomic mass is 10.2. The van der Waals surface area contributed by atoms with Gasteiger partial charge in [0.1, 0.15) is 5.01 Å². The SMILES string of the molecule is O=C(Nc1nnc(-c2ccc3c(c2)OCO3)s1)c1cccs1. The van der Waals surface area contributed by atoms with Gasteiger partial charge in [-0.1, -0.05) is 17.4 Å². The van der Waals surface area contributed by atoms with Gasteiger partial charge in [-0.2, -0.15) is 0 Å². The Labute approximate surface area is 133 Å². The number of fused-ring (bicyclic) bond motifs is 1. The quantitative estimate of drug-likeness (QED) is 0.797. The van der Waals surface area contributed by atoms with Crippen LogP contribution in [-0.4, -0.2) is 22.9 Å². The lowest BCUT2D eigenvalue weighted by Crippen LogP contribution is -2.09. The van der Waals surface area contributed by atoms with Crippen molar-refractivity contribution in [3.8, 4) is 22.1 Å². The third kappa shape index (κ3) is 2.42. The number of hydrogen-bond donors (Lipinski definition) is 1. The molecule has 6 nitrogen and oxygen atoms in total. The number of nitrogens with one attached hydrogen (secondary N) is 1. The first-order valence-corrected chi connectivity index (χ1v) is 8.07. The Bertz CT molecular complexity index is 830. The zero-order valence-corrected chi connectivity index (χ0v) is 12.7. The molecule has 3 aromatic rings. The number of ether oxygens (including phenoxy) is 2. The molecule has 0 atom stereocenters. The summed E-state index contributed by atoms with van der Waals surface area (Å²) >= 11 is 2.69. The van der Waals surface area contributed by atoms with Gasteiger partial charge >= 0.3 is 0 Å². The van der Waals surface area contributed by atoms with E-state index in [1.54, 1.807) is 6.07 Å². The van der Waals surface area contributed by atoms with Crippen molar-refractivity contribution in [3.05, 3.63) is 40.6 Å². The number of thiophene rings is 1. The summed E-state index contributed by atoms with van der Waals surface area (Å²) in [5.41, 5.74) is 0.873. The zero-order valence-electron chi connectivity index (χ0n) is 11.1. The van der Waals surface area contributed by atoms with Crippen LogP contribution < -0.4 is 14.8 Å². The minimum atomic E-state index is -0.177. The number of rotatable bonds is 3. The van der Waals surface area contributed by atoms with Crippen LogP contribution in [0, 0.1) is 0 Å². The molecule has 0 radical (unpaired) electrons. The molecule has 1 N–H and O–H groups in total. The van der Waals surface area contributed by atoms with E-state index in [0.29, 0.717) is 20.8 Å². The number of aromatic nitrogens is 2. The molecule has 8 heteroatoms. The van der Waals surface area contributed by atoms with Crippen LogP contribution in [0.3, 0.4) is 0 Å². The Morgan fingerprint density at radius 2 is 2.09 bits per heavy atom. The summed E-state index contributed by atoms with van der Waals surface area (Å²) in [7, 11) is 0. The molecule has 0 aliphatic carbocycles. The third-order valence-corrected chi connectivity index (χ3v) is 4.77. The molecular formula is C14H9N3O3S2. The van der Waals surface area contributed by atoms with Crippen molar-refractivity contribution in [2.75, 3.05) is 12.1 Å². The normalized spacial score (nSPS) is 12.4. The van der Waals surface area contributed by atoms with Crippen LogP contribution in [0.25, 0.3) is 10.6 Å². The highest BCUT2D eigenvalue weighted by Crippen LogP contribution is 2.37. The fourth-order valence-electron chi connectivity index (χ4n) is 1.99. The van der Waals surface area contributed by atoms with Crippen LogP contribution in [0.15, 0.2) is 35.7 Å². The Morgan fingerprint density at radius 3 is 2.95 bits per heavy atom. The van der Waals surface area contributed by atoms with Crippen molar-refractivity contribution >= 4 is 33.7 Å². The molecule has 0 spiro atoms. The van der Waals surface area contributed by atoms with E-state index in [4.69, 9.17) is 9.47 Å². The number of nitrogens with zero attached hydrogens (tertiary/aromatic N) is 2. The molecule has 0 saturated heterocycles. The molecule has 4 rings (SSSR count). The molecule has 22 heavy (non-hydrogen) atoms. The minimum Gasteiger partial charge on any atom is -0.454 e. The fourth-order valence-corrected chi connectivity index (χ4v) is 3.34. The van der Waals surface area contributed by atoms with Crippen molar-refractivity contribution < 1.29 is 14.3 Å². The van der Waals surface area contributed by atoms with E-state index in [-0.39, 0.29) is 12.7 Å². The molecule has 1 aromatic carbocycles. The second-order valence-electron chi connectivity index (χ2n) is 4.41. The van der Waals surface area contributed by atoms with Crippen LogP contribution in [0.5, 0.6) is 11.5 Å². The highest BCUT2D eigenvalue weighted by atomic mass is 32.1. The highest BCUT2D eigenvalue weighted by molar-refractivity contribution is 7.18. The molecule has 0 bridgehead atoms. The van der Waals surface area contributed by atoms with Crippen LogP contribution >= 0.6 is 22.7 Å². The summed E-state index contributed by atoms with van der Waals surface area (Å²) in [4.78, 5) is 12.6. The van der Waals surface area contributed by atoms with Crippen molar-refractivity contribution in [2.45, 2.75) is 0 Å². The topological polar surface area (TPSA) is 73.3 Å². The maximum Gasteiger partial charge on any atom is 0.267 e. The number of amides is 1. The Kier molecular flexibility index (Phi) is 3.24. The van der Waals surface area contributed by atoms with E-state index in [0.717, 1.165) is 11.3 Å². The van der Waals surface area contributed by atoms with E-state index >= 15 is 0 Å². The van der Waals surface area contributed by atoms with Gasteiger partial charge in [-0.3, -0.25) is 10.1 Å². The molecule has 1 amide bonds. The summed E-state index contributed by atoms with van der Waals surface area (Å²) in [5, 5.41) is 13.9. The molecule has 110 valence electrons. The predicted octanol–water partition coefficient (Wildman–Crippen LogP) is 3.25. The van der Waals surface area contributed by atoms with Gasteiger partial charge in [0.2, 0.25) is 11.9 Å². The van der Waals surface area contributed by atoms with Gasteiger partial charge < -0.3 is 9.47 Å². The Balaban J connectivity index is 1.55.